The summed E-state index contributed by atoms with van der Waals surface area (Å²) in [7, 11) is 0. The van der Waals surface area contributed by atoms with Crippen LogP contribution in [-0.2, 0) is 5.41 Å². The molecule has 1 aliphatic heterocycles. The molecule has 49 heavy (non-hydrogen) atoms. The molecule has 0 bridgehead atoms. The van der Waals surface area contributed by atoms with Gasteiger partial charge in [0.2, 0.25) is 0 Å². The highest BCUT2D eigenvalue weighted by Gasteiger charge is 2.59. The molecule has 0 unspecified atom stereocenters. The molecule has 0 spiro atoms. The Morgan fingerprint density at radius 2 is 1.43 bits per heavy atom. The number of fused-ring (bicyclic) bond motifs is 3. The van der Waals surface area contributed by atoms with E-state index in [2.05, 4.69) is 152 Å². The van der Waals surface area contributed by atoms with Crippen LogP contribution in [0.25, 0.3) is 38.8 Å². The van der Waals surface area contributed by atoms with Crippen LogP contribution < -0.4 is 0 Å². The molecule has 4 nitrogen and oxygen atoms in total. The summed E-state index contributed by atoms with van der Waals surface area (Å²) in [5.41, 5.74) is 10.6. The molecule has 3 heterocycles. The predicted molar refractivity (Wildman–Crippen MR) is 209 cm³/mol. The van der Waals surface area contributed by atoms with E-state index in [9.17, 15) is 0 Å². The van der Waals surface area contributed by atoms with Crippen LogP contribution in [0.4, 0.5) is 0 Å². The monoisotopic (exact) mass is 652 g/mol. The van der Waals surface area contributed by atoms with Gasteiger partial charge in [-0.2, -0.15) is 0 Å². The quantitative estimate of drug-likeness (QED) is 0.194. The number of pyridine rings is 1. The summed E-state index contributed by atoms with van der Waals surface area (Å²) in [4.78, 5) is 13.4. The zero-order valence-corrected chi connectivity index (χ0v) is 31.8. The van der Waals surface area contributed by atoms with E-state index in [0.29, 0.717) is 6.04 Å². The molecule has 3 aromatic carbocycles. The lowest BCUT2D eigenvalue weighted by molar-refractivity contribution is 0.0331. The van der Waals surface area contributed by atoms with Gasteiger partial charge in [-0.25, -0.2) is 0 Å². The average Bonchev–Trinajstić information content (AvgIpc) is 3.49. The molecular formula is C45H56N4. The van der Waals surface area contributed by atoms with Crippen molar-refractivity contribution in [1.29, 1.82) is 0 Å². The Kier molecular flexibility index (Phi) is 7.93. The second kappa shape index (κ2) is 11.6. The number of rotatable bonds is 4. The zero-order chi connectivity index (χ0) is 35.1. The molecule has 4 heteroatoms. The van der Waals surface area contributed by atoms with E-state index in [1.165, 1.54) is 87.7 Å². The zero-order valence-electron chi connectivity index (χ0n) is 31.8. The molecule has 5 aromatic rings. The Morgan fingerprint density at radius 1 is 0.735 bits per heavy atom. The molecule has 1 saturated carbocycles. The predicted octanol–water partition coefficient (Wildman–Crippen LogP) is 11.7. The molecule has 7 rings (SSSR count). The Labute approximate surface area is 294 Å². The highest BCUT2D eigenvalue weighted by atomic mass is 15.4. The minimum Gasteiger partial charge on any atom is -0.346 e. The molecular weight excluding hydrogens is 597 g/mol. The Bertz CT molecular complexity index is 2090. The standard InChI is InChI=1S/C45H56N4/c1-29-25-30(2)39(28-36(29)41-47-45(11,43(6,7)8)44(9,10)49(41)33-17-13-12-14-18-33)48-38-20-16-15-19-34(38)35-22-21-31(26-40(35)48)37-27-32(23-24-46-37)42(3,4)5/h15-16,19-28,33H,12-14,17-18H2,1-11H3/t45-/m1/s1. The van der Waals surface area contributed by atoms with Crippen LogP contribution in [0.5, 0.6) is 0 Å². The van der Waals surface area contributed by atoms with Crippen molar-refractivity contribution in [3.63, 3.8) is 0 Å². The molecule has 0 amide bonds. The van der Waals surface area contributed by atoms with Gasteiger partial charge in [0.15, 0.2) is 0 Å². The summed E-state index contributed by atoms with van der Waals surface area (Å²) in [5.74, 6) is 1.18. The number of para-hydroxylation sites is 1. The lowest BCUT2D eigenvalue weighted by Crippen LogP contribution is -2.62. The van der Waals surface area contributed by atoms with Gasteiger partial charge in [0.05, 0.1) is 27.8 Å². The van der Waals surface area contributed by atoms with Crippen molar-refractivity contribution in [2.75, 3.05) is 0 Å². The van der Waals surface area contributed by atoms with Crippen molar-refractivity contribution in [1.82, 2.24) is 14.5 Å². The summed E-state index contributed by atoms with van der Waals surface area (Å²) >= 11 is 0. The first-order chi connectivity index (χ1) is 23.0. The van der Waals surface area contributed by atoms with E-state index in [4.69, 9.17) is 9.98 Å². The summed E-state index contributed by atoms with van der Waals surface area (Å²) in [6, 6.07) is 25.5. The van der Waals surface area contributed by atoms with Crippen molar-refractivity contribution in [3.05, 3.63) is 95.2 Å². The number of aryl methyl sites for hydroxylation is 2. The third-order valence-corrected chi connectivity index (χ3v) is 12.4. The number of amidine groups is 1. The maximum absolute atomic E-state index is 5.82. The van der Waals surface area contributed by atoms with E-state index in [1.54, 1.807) is 0 Å². The molecule has 2 aliphatic rings. The van der Waals surface area contributed by atoms with Crippen LogP contribution in [0.1, 0.15) is 117 Å². The molecule has 0 N–H and O–H groups in total. The van der Waals surface area contributed by atoms with Crippen LogP contribution in [0.15, 0.2) is 77.9 Å². The number of hydrogen-bond acceptors (Lipinski definition) is 3. The van der Waals surface area contributed by atoms with Crippen molar-refractivity contribution in [2.45, 2.75) is 131 Å². The number of benzene rings is 3. The second-order valence-corrected chi connectivity index (χ2v) is 17.7. The van der Waals surface area contributed by atoms with Crippen LogP contribution in [0, 0.1) is 19.3 Å². The average molecular weight is 653 g/mol. The number of hydrogen-bond donors (Lipinski definition) is 0. The lowest BCUT2D eigenvalue weighted by Gasteiger charge is -2.52. The number of nitrogens with zero attached hydrogens (tertiary/aromatic N) is 4. The first-order valence-electron chi connectivity index (χ1n) is 18.5. The lowest BCUT2D eigenvalue weighted by atomic mass is 9.64. The van der Waals surface area contributed by atoms with Gasteiger partial charge in [-0.15, -0.1) is 0 Å². The van der Waals surface area contributed by atoms with E-state index in [0.717, 1.165) is 11.3 Å². The maximum Gasteiger partial charge on any atom is 0.132 e. The third kappa shape index (κ3) is 5.32. The van der Waals surface area contributed by atoms with Gasteiger partial charge >= 0.3 is 0 Å². The van der Waals surface area contributed by atoms with E-state index in [-0.39, 0.29) is 21.9 Å². The highest BCUT2D eigenvalue weighted by molar-refractivity contribution is 6.10. The minimum absolute atomic E-state index is 0.00579. The van der Waals surface area contributed by atoms with Crippen molar-refractivity contribution in [2.24, 2.45) is 10.4 Å². The number of aliphatic imine (C=N–C) groups is 1. The molecule has 1 aliphatic carbocycles. The fraction of sp³-hybridized carbons (Fsp3) is 0.467. The van der Waals surface area contributed by atoms with Gasteiger partial charge in [-0.05, 0) is 105 Å². The summed E-state index contributed by atoms with van der Waals surface area (Å²) in [5, 5.41) is 2.53. The summed E-state index contributed by atoms with van der Waals surface area (Å²) in [6.45, 7) is 25.8. The SMILES string of the molecule is Cc1cc(C)c(-n2c3ccccc3c3ccc(-c4cc(C(C)(C)C)ccn4)cc32)cc1C1=N[C@](C)(C(C)(C)C)C(C)(C)N1C1CCCCC1. The van der Waals surface area contributed by atoms with Gasteiger partial charge in [0.25, 0.3) is 0 Å². The van der Waals surface area contributed by atoms with Gasteiger partial charge in [-0.3, -0.25) is 9.98 Å². The van der Waals surface area contributed by atoms with Crippen molar-refractivity contribution in [3.8, 4) is 16.9 Å². The topological polar surface area (TPSA) is 33.4 Å². The van der Waals surface area contributed by atoms with Crippen molar-refractivity contribution >= 4 is 27.6 Å². The summed E-state index contributed by atoms with van der Waals surface area (Å²) in [6.07, 6.45) is 8.37. The highest BCUT2D eigenvalue weighted by Crippen LogP contribution is 2.52. The van der Waals surface area contributed by atoms with E-state index >= 15 is 0 Å². The maximum atomic E-state index is 5.82. The molecule has 256 valence electrons. The van der Waals surface area contributed by atoms with Crippen molar-refractivity contribution < 1.29 is 0 Å². The first kappa shape index (κ1) is 33.6. The Balaban J connectivity index is 1.46. The van der Waals surface area contributed by atoms with Gasteiger partial charge in [0.1, 0.15) is 5.84 Å². The molecule has 2 aromatic heterocycles. The third-order valence-electron chi connectivity index (χ3n) is 12.4. The second-order valence-electron chi connectivity index (χ2n) is 17.7. The first-order valence-corrected chi connectivity index (χ1v) is 18.5. The fourth-order valence-corrected chi connectivity index (χ4v) is 8.91. The van der Waals surface area contributed by atoms with Gasteiger partial charge in [-0.1, -0.05) is 97.2 Å². The van der Waals surface area contributed by atoms with E-state index in [1.807, 2.05) is 6.20 Å². The molecule has 1 fully saturated rings. The van der Waals surface area contributed by atoms with Crippen LogP contribution in [0.3, 0.4) is 0 Å². The minimum atomic E-state index is -0.249. The van der Waals surface area contributed by atoms with Gasteiger partial charge < -0.3 is 9.47 Å². The largest absolute Gasteiger partial charge is 0.346 e. The Hall–Kier alpha value is -3.92. The summed E-state index contributed by atoms with van der Waals surface area (Å²) < 4.78 is 2.49. The Morgan fingerprint density at radius 3 is 2.12 bits per heavy atom. The van der Waals surface area contributed by atoms with Crippen LogP contribution >= 0.6 is 0 Å². The number of aromatic nitrogens is 2. The fourth-order valence-electron chi connectivity index (χ4n) is 8.91. The van der Waals surface area contributed by atoms with Crippen LogP contribution in [0.2, 0.25) is 0 Å². The smallest absolute Gasteiger partial charge is 0.132 e. The normalized spacial score (nSPS) is 20.4. The molecule has 1 atom stereocenters. The van der Waals surface area contributed by atoms with Gasteiger partial charge in [0, 0.05) is 39.8 Å². The van der Waals surface area contributed by atoms with Crippen LogP contribution in [-0.4, -0.2) is 37.4 Å². The molecule has 0 radical (unpaired) electrons. The van der Waals surface area contributed by atoms with E-state index < -0.39 is 0 Å². The molecule has 0 saturated heterocycles.